The summed E-state index contributed by atoms with van der Waals surface area (Å²) in [6, 6.07) is 15.4. The van der Waals surface area contributed by atoms with Crippen LogP contribution in [0.25, 0.3) is 11.1 Å². The van der Waals surface area contributed by atoms with E-state index in [1.165, 1.54) is 11.1 Å². The average molecular weight is 481 g/mol. The molecule has 2 aromatic rings. The lowest BCUT2D eigenvalue weighted by molar-refractivity contribution is -0.142. The lowest BCUT2D eigenvalue weighted by Gasteiger charge is -2.24. The number of hydrogen-bond acceptors (Lipinski definition) is 4. The number of hydrogen-bond donors (Lipinski definition) is 3. The number of nitrogens with one attached hydrogen (secondary N) is 2. The van der Waals surface area contributed by atoms with Gasteiger partial charge in [0.25, 0.3) is 0 Å². The van der Waals surface area contributed by atoms with Gasteiger partial charge in [0.1, 0.15) is 12.6 Å². The largest absolute Gasteiger partial charge is 0.480 e. The lowest BCUT2D eigenvalue weighted by atomic mass is 9.88. The van der Waals surface area contributed by atoms with Gasteiger partial charge in [0.05, 0.1) is 0 Å². The number of benzene rings is 2. The maximum absolute atomic E-state index is 12.3. The minimum absolute atomic E-state index is 0.00421. The Labute approximate surface area is 207 Å². The summed E-state index contributed by atoms with van der Waals surface area (Å²) in [7, 11) is 0. The number of alkyl carbamates (subject to hydrolysis) is 1. The molecule has 2 aromatic carbocycles. The van der Waals surface area contributed by atoms with Gasteiger partial charge in [-0.2, -0.15) is 0 Å². The van der Waals surface area contributed by atoms with E-state index in [0.717, 1.165) is 11.1 Å². The van der Waals surface area contributed by atoms with Crippen molar-refractivity contribution >= 4 is 18.0 Å². The highest BCUT2D eigenvalue weighted by Gasteiger charge is 2.29. The van der Waals surface area contributed by atoms with Crippen LogP contribution in [-0.2, 0) is 14.3 Å². The van der Waals surface area contributed by atoms with Crippen molar-refractivity contribution in [3.63, 3.8) is 0 Å². The van der Waals surface area contributed by atoms with Crippen LogP contribution in [0.3, 0.4) is 0 Å². The number of carboxylic acid groups (broad SMARTS) is 1. The molecule has 1 aliphatic rings. The SMILES string of the molecule is CC(CCC(=O)NC(CC(C)(C)C)C(=O)O)CNC(=O)OCC1c2ccccc2-c2ccccc21. The molecule has 0 spiro atoms. The lowest BCUT2D eigenvalue weighted by Crippen LogP contribution is -2.43. The van der Waals surface area contributed by atoms with Crippen molar-refractivity contribution < 1.29 is 24.2 Å². The molecule has 0 saturated heterocycles. The zero-order chi connectivity index (χ0) is 25.6. The Bertz CT molecular complexity index is 1010. The number of carboxylic acids is 1. The van der Waals surface area contributed by atoms with E-state index in [9.17, 15) is 19.5 Å². The summed E-state index contributed by atoms with van der Waals surface area (Å²) in [6.07, 6.45) is 0.588. The Morgan fingerprint density at radius 3 is 2.11 bits per heavy atom. The van der Waals surface area contributed by atoms with Gasteiger partial charge in [-0.25, -0.2) is 9.59 Å². The monoisotopic (exact) mass is 480 g/mol. The topological polar surface area (TPSA) is 105 Å². The van der Waals surface area contributed by atoms with Crippen LogP contribution in [0.15, 0.2) is 48.5 Å². The second kappa shape index (κ2) is 11.4. The first-order valence-electron chi connectivity index (χ1n) is 12.2. The first kappa shape index (κ1) is 26.3. The number of rotatable bonds is 10. The van der Waals surface area contributed by atoms with Crippen molar-refractivity contribution in [3.05, 3.63) is 59.7 Å². The van der Waals surface area contributed by atoms with Crippen LogP contribution in [0.2, 0.25) is 0 Å². The fraction of sp³-hybridized carbons (Fsp3) is 0.464. The van der Waals surface area contributed by atoms with E-state index in [1.54, 1.807) is 0 Å². The molecule has 35 heavy (non-hydrogen) atoms. The van der Waals surface area contributed by atoms with Crippen molar-refractivity contribution in [1.82, 2.24) is 10.6 Å². The predicted molar refractivity (Wildman–Crippen MR) is 135 cm³/mol. The Balaban J connectivity index is 1.42. The molecule has 2 atom stereocenters. The van der Waals surface area contributed by atoms with Gasteiger partial charge >= 0.3 is 12.1 Å². The molecule has 0 saturated carbocycles. The number of aliphatic carboxylic acids is 1. The first-order valence-corrected chi connectivity index (χ1v) is 12.2. The normalized spacial score (nSPS) is 14.4. The van der Waals surface area contributed by atoms with E-state index in [-0.39, 0.29) is 36.2 Å². The zero-order valence-corrected chi connectivity index (χ0v) is 21.0. The van der Waals surface area contributed by atoms with Gasteiger partial charge < -0.3 is 20.5 Å². The van der Waals surface area contributed by atoms with Crippen LogP contribution in [0.1, 0.15) is 64.0 Å². The third-order valence-electron chi connectivity index (χ3n) is 6.25. The zero-order valence-electron chi connectivity index (χ0n) is 21.0. The summed E-state index contributed by atoms with van der Waals surface area (Å²) in [5.74, 6) is -1.29. The molecule has 0 radical (unpaired) electrons. The minimum atomic E-state index is -1.03. The predicted octanol–water partition coefficient (Wildman–Crippen LogP) is 4.95. The molecule has 7 heteroatoms. The molecule has 1 aliphatic carbocycles. The summed E-state index contributed by atoms with van der Waals surface area (Å²) < 4.78 is 5.55. The van der Waals surface area contributed by atoms with E-state index in [4.69, 9.17) is 4.74 Å². The van der Waals surface area contributed by atoms with Crippen LogP contribution in [-0.4, -0.2) is 42.3 Å². The highest BCUT2D eigenvalue weighted by Crippen LogP contribution is 2.44. The molecule has 7 nitrogen and oxygen atoms in total. The van der Waals surface area contributed by atoms with Crippen LogP contribution in [0.5, 0.6) is 0 Å². The average Bonchev–Trinajstić information content (AvgIpc) is 3.12. The van der Waals surface area contributed by atoms with Crippen LogP contribution in [0, 0.1) is 11.3 Å². The van der Waals surface area contributed by atoms with Gasteiger partial charge in [0.15, 0.2) is 0 Å². The summed E-state index contributed by atoms with van der Waals surface area (Å²) in [5, 5.41) is 14.8. The van der Waals surface area contributed by atoms with Crippen molar-refractivity contribution in [1.29, 1.82) is 0 Å². The maximum Gasteiger partial charge on any atom is 0.407 e. The van der Waals surface area contributed by atoms with Crippen molar-refractivity contribution in [2.24, 2.45) is 11.3 Å². The smallest absolute Gasteiger partial charge is 0.407 e. The molecule has 188 valence electrons. The molecule has 0 bridgehead atoms. The van der Waals surface area contributed by atoms with Gasteiger partial charge in [0, 0.05) is 18.9 Å². The summed E-state index contributed by atoms with van der Waals surface area (Å²) in [4.78, 5) is 36.0. The fourth-order valence-electron chi connectivity index (χ4n) is 4.47. The van der Waals surface area contributed by atoms with Gasteiger partial charge in [-0.15, -0.1) is 0 Å². The second-order valence-corrected chi connectivity index (χ2v) is 10.6. The minimum Gasteiger partial charge on any atom is -0.480 e. The number of carbonyl (C=O) groups is 3. The van der Waals surface area contributed by atoms with E-state index in [2.05, 4.69) is 34.9 Å². The summed E-state index contributed by atoms with van der Waals surface area (Å²) in [6.45, 7) is 8.36. The number of amides is 2. The molecule has 2 unspecified atom stereocenters. The first-order chi connectivity index (χ1) is 16.5. The van der Waals surface area contributed by atoms with E-state index < -0.39 is 18.1 Å². The second-order valence-electron chi connectivity index (χ2n) is 10.6. The molecule has 0 heterocycles. The number of ether oxygens (including phenoxy) is 1. The quantitative estimate of drug-likeness (QED) is 0.446. The number of carbonyl (C=O) groups excluding carboxylic acids is 2. The fourth-order valence-corrected chi connectivity index (χ4v) is 4.47. The Morgan fingerprint density at radius 2 is 1.57 bits per heavy atom. The molecule has 3 rings (SSSR count). The van der Waals surface area contributed by atoms with Crippen molar-refractivity contribution in [3.8, 4) is 11.1 Å². The van der Waals surface area contributed by atoms with E-state index in [1.807, 2.05) is 52.0 Å². The molecule has 2 amide bonds. The third kappa shape index (κ3) is 7.31. The highest BCUT2D eigenvalue weighted by atomic mass is 16.5. The molecule has 0 fully saturated rings. The maximum atomic E-state index is 12.3. The Morgan fingerprint density at radius 1 is 1.00 bits per heavy atom. The van der Waals surface area contributed by atoms with Crippen LogP contribution < -0.4 is 10.6 Å². The van der Waals surface area contributed by atoms with Gasteiger partial charge in [-0.05, 0) is 46.4 Å². The molecule has 0 aliphatic heterocycles. The number of fused-ring (bicyclic) bond motifs is 3. The molecular formula is C28H36N2O5. The Hall–Kier alpha value is -3.35. The van der Waals surface area contributed by atoms with Gasteiger partial charge in [-0.3, -0.25) is 4.79 Å². The van der Waals surface area contributed by atoms with Crippen LogP contribution in [0.4, 0.5) is 4.79 Å². The van der Waals surface area contributed by atoms with Gasteiger partial charge in [-0.1, -0.05) is 76.2 Å². The molecular weight excluding hydrogens is 444 g/mol. The molecule has 0 aromatic heterocycles. The van der Waals surface area contributed by atoms with Gasteiger partial charge in [0.2, 0.25) is 5.91 Å². The summed E-state index contributed by atoms with van der Waals surface area (Å²) in [5.41, 5.74) is 4.46. The van der Waals surface area contributed by atoms with Crippen molar-refractivity contribution in [2.45, 2.75) is 58.9 Å². The van der Waals surface area contributed by atoms with Crippen LogP contribution >= 0.6 is 0 Å². The standard InChI is InChI=1S/C28H36N2O5/c1-18(13-14-25(31)30-24(26(32)33)15-28(2,3)4)16-29-27(34)35-17-23-21-11-7-5-9-19(21)20-10-6-8-12-22(20)23/h5-12,18,23-24H,13-17H2,1-4H3,(H,29,34)(H,30,31)(H,32,33). The van der Waals surface area contributed by atoms with Crippen molar-refractivity contribution in [2.75, 3.05) is 13.2 Å². The Kier molecular flexibility index (Phi) is 8.54. The highest BCUT2D eigenvalue weighted by molar-refractivity contribution is 5.83. The summed E-state index contributed by atoms with van der Waals surface area (Å²) >= 11 is 0. The van der Waals surface area contributed by atoms with E-state index >= 15 is 0 Å². The molecule has 3 N–H and O–H groups in total. The van der Waals surface area contributed by atoms with E-state index in [0.29, 0.717) is 19.4 Å². The third-order valence-corrected chi connectivity index (χ3v) is 6.25.